The molecule has 2 atom stereocenters. The summed E-state index contributed by atoms with van der Waals surface area (Å²) in [7, 11) is 3.24. The lowest BCUT2D eigenvalue weighted by Gasteiger charge is -2.27. The van der Waals surface area contributed by atoms with Crippen molar-refractivity contribution >= 4 is 29.3 Å². The Morgan fingerprint density at radius 3 is 2.55 bits per heavy atom. The van der Waals surface area contributed by atoms with Crippen molar-refractivity contribution in [3.63, 3.8) is 0 Å². The molecule has 0 bridgehead atoms. The van der Waals surface area contributed by atoms with E-state index in [4.69, 9.17) is 9.47 Å². The van der Waals surface area contributed by atoms with Gasteiger partial charge in [0.1, 0.15) is 16.9 Å². The van der Waals surface area contributed by atoms with Gasteiger partial charge in [0.05, 0.1) is 20.1 Å². The Hall–Kier alpha value is -2.67. The molecule has 6 nitrogen and oxygen atoms in total. The Labute approximate surface area is 174 Å². The average Bonchev–Trinajstić information content (AvgIpc) is 3.40. The fourth-order valence-electron chi connectivity index (χ4n) is 3.88. The van der Waals surface area contributed by atoms with E-state index in [-0.39, 0.29) is 29.5 Å². The summed E-state index contributed by atoms with van der Waals surface area (Å²) < 4.78 is 10.5. The highest BCUT2D eigenvalue weighted by molar-refractivity contribution is 7.99. The van der Waals surface area contributed by atoms with E-state index in [1.807, 2.05) is 53.4 Å². The number of ether oxygens (including phenoxy) is 2. The van der Waals surface area contributed by atoms with E-state index in [9.17, 15) is 9.59 Å². The predicted octanol–water partition coefficient (Wildman–Crippen LogP) is 3.33. The van der Waals surface area contributed by atoms with Gasteiger partial charge in [-0.2, -0.15) is 0 Å². The van der Waals surface area contributed by atoms with E-state index in [0.717, 1.165) is 22.8 Å². The van der Waals surface area contributed by atoms with Crippen LogP contribution in [0.15, 0.2) is 48.5 Å². The predicted molar refractivity (Wildman–Crippen MR) is 113 cm³/mol. The second-order valence-electron chi connectivity index (χ2n) is 7.13. The monoisotopic (exact) mass is 412 g/mol. The fraction of sp³-hybridized carbons (Fsp3) is 0.364. The van der Waals surface area contributed by atoms with E-state index < -0.39 is 0 Å². The summed E-state index contributed by atoms with van der Waals surface area (Å²) in [4.78, 5) is 29.5. The van der Waals surface area contributed by atoms with Gasteiger partial charge in [-0.15, -0.1) is 11.8 Å². The lowest BCUT2D eigenvalue weighted by molar-refractivity contribution is -0.136. The minimum Gasteiger partial charge on any atom is -0.497 e. The minimum absolute atomic E-state index is 0.0191. The van der Waals surface area contributed by atoms with E-state index in [0.29, 0.717) is 18.8 Å². The number of hydrogen-bond donors (Lipinski definition) is 0. The van der Waals surface area contributed by atoms with Gasteiger partial charge in [0.15, 0.2) is 0 Å². The van der Waals surface area contributed by atoms with Gasteiger partial charge in [-0.25, -0.2) is 0 Å². The summed E-state index contributed by atoms with van der Waals surface area (Å²) in [5.41, 5.74) is 1.85. The first-order valence-electron chi connectivity index (χ1n) is 9.61. The van der Waals surface area contributed by atoms with E-state index in [1.54, 1.807) is 30.9 Å². The first-order valence-corrected chi connectivity index (χ1v) is 10.7. The molecule has 2 amide bonds. The SMILES string of the molecule is COc1ccc(C2SCCN2C(=O)C2CC(=O)N(c3cccc(OC)c3)C2)cc1. The van der Waals surface area contributed by atoms with Gasteiger partial charge in [0, 0.05) is 37.0 Å². The molecule has 2 aromatic rings. The molecule has 152 valence electrons. The lowest BCUT2D eigenvalue weighted by Crippen LogP contribution is -2.37. The fourth-order valence-corrected chi connectivity index (χ4v) is 5.14. The maximum absolute atomic E-state index is 13.3. The number of benzene rings is 2. The number of anilines is 1. The van der Waals surface area contributed by atoms with Gasteiger partial charge in [-0.1, -0.05) is 18.2 Å². The maximum atomic E-state index is 13.3. The van der Waals surface area contributed by atoms with Crippen LogP contribution in [0.25, 0.3) is 0 Å². The summed E-state index contributed by atoms with van der Waals surface area (Å²) >= 11 is 1.76. The van der Waals surface area contributed by atoms with Crippen molar-refractivity contribution in [3.8, 4) is 11.5 Å². The third-order valence-electron chi connectivity index (χ3n) is 5.41. The van der Waals surface area contributed by atoms with Crippen LogP contribution in [0.4, 0.5) is 5.69 Å². The first kappa shape index (κ1) is 19.6. The number of thioether (sulfide) groups is 1. The van der Waals surface area contributed by atoms with Crippen LogP contribution in [-0.4, -0.2) is 49.8 Å². The van der Waals surface area contributed by atoms with Gasteiger partial charge < -0.3 is 19.3 Å². The molecule has 0 aliphatic carbocycles. The molecule has 2 aromatic carbocycles. The van der Waals surface area contributed by atoms with E-state index in [2.05, 4.69) is 0 Å². The largest absolute Gasteiger partial charge is 0.497 e. The van der Waals surface area contributed by atoms with Gasteiger partial charge in [-0.3, -0.25) is 9.59 Å². The molecule has 2 aliphatic heterocycles. The third-order valence-corrected chi connectivity index (χ3v) is 6.67. The standard InChI is InChI=1S/C22H24N2O4S/c1-27-18-8-6-15(7-9-18)22-23(10-11-29-22)21(26)16-12-20(25)24(14-16)17-4-3-5-19(13-17)28-2/h3-9,13,16,22H,10-12,14H2,1-2H3. The molecule has 7 heteroatoms. The number of carbonyl (C=O) groups excluding carboxylic acids is 2. The summed E-state index contributed by atoms with van der Waals surface area (Å²) in [5, 5.41) is -0.0191. The number of hydrogen-bond acceptors (Lipinski definition) is 5. The van der Waals surface area contributed by atoms with Crippen molar-refractivity contribution in [1.82, 2.24) is 4.90 Å². The van der Waals surface area contributed by atoms with Crippen molar-refractivity contribution in [2.75, 3.05) is 38.0 Å². The molecule has 0 aromatic heterocycles. The average molecular weight is 413 g/mol. The summed E-state index contributed by atoms with van der Waals surface area (Å²) in [5.74, 6) is 2.08. The van der Waals surface area contributed by atoms with Crippen LogP contribution in [-0.2, 0) is 9.59 Å². The molecular weight excluding hydrogens is 388 g/mol. The van der Waals surface area contributed by atoms with Crippen molar-refractivity contribution in [2.45, 2.75) is 11.8 Å². The molecule has 4 rings (SSSR count). The highest BCUT2D eigenvalue weighted by Crippen LogP contribution is 2.40. The van der Waals surface area contributed by atoms with Gasteiger partial charge in [0.25, 0.3) is 0 Å². The van der Waals surface area contributed by atoms with Crippen LogP contribution in [0.1, 0.15) is 17.4 Å². The van der Waals surface area contributed by atoms with Crippen LogP contribution >= 0.6 is 11.8 Å². The summed E-state index contributed by atoms with van der Waals surface area (Å²) in [6.45, 7) is 1.10. The number of nitrogens with zero attached hydrogens (tertiary/aromatic N) is 2. The van der Waals surface area contributed by atoms with Crippen molar-refractivity contribution in [2.24, 2.45) is 5.92 Å². The van der Waals surface area contributed by atoms with Crippen LogP contribution < -0.4 is 14.4 Å². The van der Waals surface area contributed by atoms with Crippen LogP contribution in [0.5, 0.6) is 11.5 Å². The molecule has 2 fully saturated rings. The molecule has 2 saturated heterocycles. The molecular formula is C22H24N2O4S. The molecule has 0 radical (unpaired) electrons. The normalized spacial score (nSPS) is 21.5. The smallest absolute Gasteiger partial charge is 0.229 e. The molecule has 29 heavy (non-hydrogen) atoms. The van der Waals surface area contributed by atoms with Crippen LogP contribution in [0.3, 0.4) is 0 Å². The first-order chi connectivity index (χ1) is 14.1. The highest BCUT2D eigenvalue weighted by atomic mass is 32.2. The Morgan fingerprint density at radius 2 is 1.83 bits per heavy atom. The Kier molecular flexibility index (Phi) is 5.67. The van der Waals surface area contributed by atoms with E-state index >= 15 is 0 Å². The molecule has 2 heterocycles. The van der Waals surface area contributed by atoms with Crippen molar-refractivity contribution in [1.29, 1.82) is 0 Å². The van der Waals surface area contributed by atoms with Crippen LogP contribution in [0.2, 0.25) is 0 Å². The zero-order valence-corrected chi connectivity index (χ0v) is 17.4. The minimum atomic E-state index is -0.326. The molecule has 0 spiro atoms. The zero-order chi connectivity index (χ0) is 20.4. The quantitative estimate of drug-likeness (QED) is 0.754. The van der Waals surface area contributed by atoms with Gasteiger partial charge in [0.2, 0.25) is 11.8 Å². The second-order valence-corrected chi connectivity index (χ2v) is 8.32. The Bertz CT molecular complexity index is 902. The molecule has 0 N–H and O–H groups in total. The number of methoxy groups -OCH3 is 2. The third kappa shape index (κ3) is 3.92. The van der Waals surface area contributed by atoms with Gasteiger partial charge >= 0.3 is 0 Å². The Morgan fingerprint density at radius 1 is 1.07 bits per heavy atom. The Balaban J connectivity index is 1.49. The van der Waals surface area contributed by atoms with Gasteiger partial charge in [-0.05, 0) is 29.8 Å². The summed E-state index contributed by atoms with van der Waals surface area (Å²) in [6, 6.07) is 15.2. The number of amides is 2. The molecule has 2 aliphatic rings. The maximum Gasteiger partial charge on any atom is 0.229 e. The molecule has 2 unspecified atom stereocenters. The van der Waals surface area contributed by atoms with Crippen molar-refractivity contribution < 1.29 is 19.1 Å². The number of rotatable bonds is 5. The molecule has 0 saturated carbocycles. The topological polar surface area (TPSA) is 59.1 Å². The van der Waals surface area contributed by atoms with Crippen LogP contribution in [0, 0.1) is 5.92 Å². The highest BCUT2D eigenvalue weighted by Gasteiger charge is 2.41. The number of carbonyl (C=O) groups is 2. The van der Waals surface area contributed by atoms with E-state index in [1.165, 1.54) is 0 Å². The zero-order valence-electron chi connectivity index (χ0n) is 16.5. The second kappa shape index (κ2) is 8.37. The lowest BCUT2D eigenvalue weighted by atomic mass is 10.1. The van der Waals surface area contributed by atoms with Crippen molar-refractivity contribution in [3.05, 3.63) is 54.1 Å². The summed E-state index contributed by atoms with van der Waals surface area (Å²) in [6.07, 6.45) is 0.243.